The van der Waals surface area contributed by atoms with Gasteiger partial charge in [0.1, 0.15) is 5.65 Å². The minimum atomic E-state index is -0.431. The Labute approximate surface area is 118 Å². The molecule has 104 valence electrons. The molecular weight excluding hydrogens is 274 g/mol. The highest BCUT2D eigenvalue weighted by Crippen LogP contribution is 2.35. The zero-order valence-corrected chi connectivity index (χ0v) is 10.7. The van der Waals surface area contributed by atoms with Crippen LogP contribution < -0.4 is 9.47 Å². The molecule has 0 aliphatic carbocycles. The van der Waals surface area contributed by atoms with Crippen LogP contribution in [0, 0.1) is 10.1 Å². The van der Waals surface area contributed by atoms with E-state index in [1.54, 1.807) is 16.7 Å². The average molecular weight is 283 g/mol. The summed E-state index contributed by atoms with van der Waals surface area (Å²) in [5.74, 6) is 1.38. The van der Waals surface area contributed by atoms with Crippen LogP contribution in [0.2, 0.25) is 0 Å². The van der Waals surface area contributed by atoms with Crippen molar-refractivity contribution in [1.82, 2.24) is 9.38 Å². The molecule has 0 fully saturated rings. The third-order valence-electron chi connectivity index (χ3n) is 3.31. The summed E-state index contributed by atoms with van der Waals surface area (Å²) in [7, 11) is 0. The summed E-state index contributed by atoms with van der Waals surface area (Å²) in [6.07, 6.45) is 3.19. The van der Waals surface area contributed by atoms with Crippen LogP contribution in [0.4, 0.5) is 5.69 Å². The zero-order valence-electron chi connectivity index (χ0n) is 10.7. The first kappa shape index (κ1) is 11.7. The lowest BCUT2D eigenvalue weighted by Crippen LogP contribution is -1.92. The number of aromatic nitrogens is 2. The summed E-state index contributed by atoms with van der Waals surface area (Å²) < 4.78 is 12.2. The number of nitrogens with zero attached hydrogens (tertiary/aromatic N) is 3. The number of hydrogen-bond donors (Lipinski definition) is 0. The van der Waals surface area contributed by atoms with Crippen molar-refractivity contribution in [3.63, 3.8) is 0 Å². The normalized spacial score (nSPS) is 12.8. The summed E-state index contributed by atoms with van der Waals surface area (Å²) >= 11 is 0. The Kier molecular flexibility index (Phi) is 2.34. The number of hydrogen-bond acceptors (Lipinski definition) is 5. The number of ether oxygens (including phenoxy) is 2. The molecule has 0 unspecified atom stereocenters. The van der Waals surface area contributed by atoms with E-state index in [-0.39, 0.29) is 12.5 Å². The number of benzene rings is 1. The maximum Gasteiger partial charge on any atom is 0.286 e. The number of rotatable bonds is 2. The van der Waals surface area contributed by atoms with E-state index in [1.165, 1.54) is 12.3 Å². The van der Waals surface area contributed by atoms with Crippen molar-refractivity contribution in [3.05, 3.63) is 52.8 Å². The van der Waals surface area contributed by atoms with Gasteiger partial charge in [0.05, 0.1) is 16.8 Å². The van der Waals surface area contributed by atoms with E-state index in [9.17, 15) is 10.1 Å². The third kappa shape index (κ3) is 1.86. The van der Waals surface area contributed by atoms with Crippen molar-refractivity contribution in [1.29, 1.82) is 0 Å². The lowest BCUT2D eigenvalue weighted by atomic mass is 10.1. The first-order valence-electron chi connectivity index (χ1n) is 6.24. The van der Waals surface area contributed by atoms with Crippen molar-refractivity contribution in [2.45, 2.75) is 0 Å². The summed E-state index contributed by atoms with van der Waals surface area (Å²) in [5, 5.41) is 10.8. The maximum atomic E-state index is 10.8. The van der Waals surface area contributed by atoms with E-state index in [2.05, 4.69) is 4.98 Å². The van der Waals surface area contributed by atoms with Crippen LogP contribution in [0.1, 0.15) is 0 Å². The standard InChI is InChI=1S/C14H9N3O4/c18-17(19)10-2-4-14-15-11(7-16(14)6-10)9-1-3-12-13(5-9)21-8-20-12/h1-7H,8H2. The second kappa shape index (κ2) is 4.20. The van der Waals surface area contributed by atoms with E-state index in [0.717, 1.165) is 5.56 Å². The lowest BCUT2D eigenvalue weighted by molar-refractivity contribution is -0.385. The zero-order chi connectivity index (χ0) is 14.4. The second-order valence-corrected chi connectivity index (χ2v) is 4.60. The molecule has 7 nitrogen and oxygen atoms in total. The Bertz CT molecular complexity index is 872. The Balaban J connectivity index is 1.81. The molecule has 0 radical (unpaired) electrons. The highest BCUT2D eigenvalue weighted by molar-refractivity contribution is 5.67. The molecule has 0 amide bonds. The SMILES string of the molecule is O=[N+]([O-])c1ccc2nc(-c3ccc4c(c3)OCO4)cn2c1. The molecule has 0 bridgehead atoms. The highest BCUT2D eigenvalue weighted by Gasteiger charge is 2.15. The Morgan fingerprint density at radius 2 is 2.00 bits per heavy atom. The second-order valence-electron chi connectivity index (χ2n) is 4.60. The summed E-state index contributed by atoms with van der Waals surface area (Å²) in [5.41, 5.74) is 2.25. The topological polar surface area (TPSA) is 78.9 Å². The fourth-order valence-electron chi connectivity index (χ4n) is 2.28. The summed E-state index contributed by atoms with van der Waals surface area (Å²) in [6.45, 7) is 0.218. The van der Waals surface area contributed by atoms with Gasteiger partial charge in [-0.05, 0) is 24.3 Å². The monoisotopic (exact) mass is 283 g/mol. The molecule has 0 saturated heterocycles. The number of pyridine rings is 1. The van der Waals surface area contributed by atoms with Crippen molar-refractivity contribution in [3.8, 4) is 22.8 Å². The first-order valence-corrected chi connectivity index (χ1v) is 6.24. The fraction of sp³-hybridized carbons (Fsp3) is 0.0714. The number of nitro groups is 1. The van der Waals surface area contributed by atoms with Crippen LogP contribution in [0.25, 0.3) is 16.9 Å². The number of fused-ring (bicyclic) bond motifs is 2. The van der Waals surface area contributed by atoms with Crippen molar-refractivity contribution < 1.29 is 14.4 Å². The van der Waals surface area contributed by atoms with Gasteiger partial charge in [0.15, 0.2) is 11.5 Å². The smallest absolute Gasteiger partial charge is 0.286 e. The minimum Gasteiger partial charge on any atom is -0.454 e. The molecule has 1 aromatic carbocycles. The van der Waals surface area contributed by atoms with Gasteiger partial charge in [-0.25, -0.2) is 4.98 Å². The van der Waals surface area contributed by atoms with E-state index in [4.69, 9.17) is 9.47 Å². The van der Waals surface area contributed by atoms with Gasteiger partial charge >= 0.3 is 0 Å². The highest BCUT2D eigenvalue weighted by atomic mass is 16.7. The van der Waals surface area contributed by atoms with Crippen molar-refractivity contribution >= 4 is 11.3 Å². The van der Waals surface area contributed by atoms with Gasteiger partial charge in [-0.15, -0.1) is 0 Å². The predicted octanol–water partition coefficient (Wildman–Crippen LogP) is 2.64. The molecule has 2 aromatic heterocycles. The first-order chi connectivity index (χ1) is 10.2. The van der Waals surface area contributed by atoms with E-state index in [0.29, 0.717) is 22.8 Å². The van der Waals surface area contributed by atoms with Crippen molar-refractivity contribution in [2.75, 3.05) is 6.79 Å². The van der Waals surface area contributed by atoms with Crippen LogP contribution in [0.5, 0.6) is 11.5 Å². The molecule has 0 N–H and O–H groups in total. The van der Waals surface area contributed by atoms with Gasteiger partial charge in [0, 0.05) is 17.8 Å². The summed E-state index contributed by atoms with van der Waals surface area (Å²) in [6, 6.07) is 8.60. The molecule has 0 saturated carbocycles. The Morgan fingerprint density at radius 1 is 1.14 bits per heavy atom. The van der Waals surface area contributed by atoms with Crippen LogP contribution in [-0.2, 0) is 0 Å². The molecule has 3 aromatic rings. The molecule has 1 aliphatic heterocycles. The minimum absolute atomic E-state index is 0.0251. The largest absolute Gasteiger partial charge is 0.454 e. The third-order valence-corrected chi connectivity index (χ3v) is 3.31. The number of imidazole rings is 1. The molecule has 7 heteroatoms. The predicted molar refractivity (Wildman–Crippen MR) is 73.4 cm³/mol. The Hall–Kier alpha value is -3.09. The van der Waals surface area contributed by atoms with Crippen LogP contribution in [0.3, 0.4) is 0 Å². The lowest BCUT2D eigenvalue weighted by Gasteiger charge is -1.98. The summed E-state index contributed by atoms with van der Waals surface area (Å²) in [4.78, 5) is 14.8. The molecule has 1 aliphatic rings. The molecule has 0 atom stereocenters. The molecular formula is C14H9N3O4. The average Bonchev–Trinajstić information content (AvgIpc) is 3.11. The van der Waals surface area contributed by atoms with E-state index >= 15 is 0 Å². The quantitative estimate of drug-likeness (QED) is 0.533. The molecule has 3 heterocycles. The maximum absolute atomic E-state index is 10.8. The molecule has 0 spiro atoms. The van der Waals surface area contributed by atoms with Gasteiger partial charge in [0.25, 0.3) is 5.69 Å². The van der Waals surface area contributed by atoms with Crippen LogP contribution in [-0.4, -0.2) is 21.1 Å². The van der Waals surface area contributed by atoms with Crippen LogP contribution in [0.15, 0.2) is 42.7 Å². The van der Waals surface area contributed by atoms with Crippen molar-refractivity contribution in [2.24, 2.45) is 0 Å². The van der Waals surface area contributed by atoms with E-state index < -0.39 is 4.92 Å². The van der Waals surface area contributed by atoms with Gasteiger partial charge < -0.3 is 9.47 Å². The van der Waals surface area contributed by atoms with Gasteiger partial charge in [-0.2, -0.15) is 0 Å². The van der Waals surface area contributed by atoms with Gasteiger partial charge in [-0.3, -0.25) is 14.5 Å². The fourth-order valence-corrected chi connectivity index (χ4v) is 2.28. The van der Waals surface area contributed by atoms with E-state index in [1.807, 2.05) is 18.2 Å². The molecule has 21 heavy (non-hydrogen) atoms. The van der Waals surface area contributed by atoms with Crippen LogP contribution >= 0.6 is 0 Å². The molecule has 4 rings (SSSR count). The van der Waals surface area contributed by atoms with Gasteiger partial charge in [0.2, 0.25) is 6.79 Å². The van der Waals surface area contributed by atoms with Gasteiger partial charge in [-0.1, -0.05) is 0 Å². The Morgan fingerprint density at radius 3 is 2.86 bits per heavy atom.